The molecule has 0 aliphatic carbocycles. The Kier molecular flexibility index (Phi) is 3.97. The number of aliphatic hydroxyl groups is 1. The van der Waals surface area contributed by atoms with Crippen LogP contribution in [0.4, 0.5) is 0 Å². The summed E-state index contributed by atoms with van der Waals surface area (Å²) in [6, 6.07) is 10.5. The number of nitrogens with zero attached hydrogens (tertiary/aromatic N) is 1. The number of hydrogen-bond acceptors (Lipinski definition) is 2. The minimum atomic E-state index is -0.313. The molecule has 1 aromatic carbocycles. The Bertz CT molecular complexity index is 312. The highest BCUT2D eigenvalue weighted by atomic mass is 16.3. The van der Waals surface area contributed by atoms with Crippen molar-refractivity contribution >= 4 is 0 Å². The van der Waals surface area contributed by atoms with Gasteiger partial charge >= 0.3 is 0 Å². The Morgan fingerprint density at radius 2 is 2.06 bits per heavy atom. The van der Waals surface area contributed by atoms with Crippen molar-refractivity contribution in [2.75, 3.05) is 13.6 Å². The maximum absolute atomic E-state index is 10.2. The molecule has 1 unspecified atom stereocenters. The van der Waals surface area contributed by atoms with Crippen LogP contribution in [0.25, 0.3) is 0 Å². The molecule has 1 fully saturated rings. The topological polar surface area (TPSA) is 23.5 Å². The zero-order chi connectivity index (χ0) is 11.4. The van der Waals surface area contributed by atoms with E-state index in [-0.39, 0.29) is 6.10 Å². The van der Waals surface area contributed by atoms with Crippen molar-refractivity contribution in [3.05, 3.63) is 35.9 Å². The van der Waals surface area contributed by atoms with E-state index in [0.29, 0.717) is 6.04 Å². The van der Waals surface area contributed by atoms with Gasteiger partial charge in [0.1, 0.15) is 0 Å². The number of likely N-dealkylation sites (tertiary alicyclic amines) is 1. The molecule has 0 spiro atoms. The molecule has 0 saturated carbocycles. The molecule has 1 heterocycles. The Hall–Kier alpha value is -0.860. The lowest BCUT2D eigenvalue weighted by atomic mass is 9.95. The van der Waals surface area contributed by atoms with Crippen molar-refractivity contribution in [1.29, 1.82) is 0 Å². The molecule has 1 aromatic rings. The average molecular weight is 219 g/mol. The van der Waals surface area contributed by atoms with Gasteiger partial charge in [-0.1, -0.05) is 36.8 Å². The molecule has 1 aliphatic heterocycles. The predicted molar refractivity (Wildman–Crippen MR) is 66.3 cm³/mol. The van der Waals surface area contributed by atoms with Crippen LogP contribution >= 0.6 is 0 Å². The molecular weight excluding hydrogens is 198 g/mol. The second kappa shape index (κ2) is 5.46. The van der Waals surface area contributed by atoms with E-state index in [1.54, 1.807) is 0 Å². The molecule has 16 heavy (non-hydrogen) atoms. The van der Waals surface area contributed by atoms with Gasteiger partial charge in [-0.15, -0.1) is 0 Å². The summed E-state index contributed by atoms with van der Waals surface area (Å²) in [6.45, 7) is 1.17. The van der Waals surface area contributed by atoms with Crippen LogP contribution in [0.3, 0.4) is 0 Å². The number of aliphatic hydroxyl groups excluding tert-OH is 1. The van der Waals surface area contributed by atoms with Gasteiger partial charge in [-0.25, -0.2) is 0 Å². The number of hydrogen-bond donors (Lipinski definition) is 1. The third-order valence-corrected chi connectivity index (χ3v) is 3.60. The van der Waals surface area contributed by atoms with Gasteiger partial charge < -0.3 is 10.0 Å². The molecule has 2 heteroatoms. The lowest BCUT2D eigenvalue weighted by molar-refractivity contribution is 0.0944. The van der Waals surface area contributed by atoms with Crippen LogP contribution in [0.2, 0.25) is 0 Å². The SMILES string of the molecule is CN1CCCCC1C[C@H](O)c1ccccc1. The summed E-state index contributed by atoms with van der Waals surface area (Å²) >= 11 is 0. The third-order valence-electron chi connectivity index (χ3n) is 3.60. The Labute approximate surface area is 97.9 Å². The second-order valence-electron chi connectivity index (χ2n) is 4.79. The molecule has 2 nitrogen and oxygen atoms in total. The van der Waals surface area contributed by atoms with Crippen LogP contribution in [0.1, 0.15) is 37.4 Å². The Morgan fingerprint density at radius 3 is 2.75 bits per heavy atom. The van der Waals surface area contributed by atoms with Gasteiger partial charge in [-0.3, -0.25) is 0 Å². The van der Waals surface area contributed by atoms with Gasteiger partial charge in [0.25, 0.3) is 0 Å². The van der Waals surface area contributed by atoms with Gasteiger partial charge in [0.15, 0.2) is 0 Å². The first-order valence-corrected chi connectivity index (χ1v) is 6.20. The Balaban J connectivity index is 1.94. The fourth-order valence-electron chi connectivity index (χ4n) is 2.51. The molecule has 2 atom stereocenters. The molecular formula is C14H21NO. The summed E-state index contributed by atoms with van der Waals surface area (Å²) in [5.41, 5.74) is 1.04. The van der Waals surface area contributed by atoms with Crippen molar-refractivity contribution in [2.24, 2.45) is 0 Å². The maximum atomic E-state index is 10.2. The first-order chi connectivity index (χ1) is 7.77. The van der Waals surface area contributed by atoms with Crippen molar-refractivity contribution in [2.45, 2.75) is 37.8 Å². The second-order valence-corrected chi connectivity index (χ2v) is 4.79. The summed E-state index contributed by atoms with van der Waals surface area (Å²) in [6.07, 6.45) is 4.37. The van der Waals surface area contributed by atoms with E-state index < -0.39 is 0 Å². The largest absolute Gasteiger partial charge is 0.388 e. The highest BCUT2D eigenvalue weighted by Crippen LogP contribution is 2.25. The molecule has 0 aromatic heterocycles. The van der Waals surface area contributed by atoms with Gasteiger partial charge in [0.05, 0.1) is 6.10 Å². The molecule has 0 radical (unpaired) electrons. The van der Waals surface area contributed by atoms with Crippen LogP contribution in [-0.4, -0.2) is 29.6 Å². The van der Waals surface area contributed by atoms with Crippen LogP contribution < -0.4 is 0 Å². The highest BCUT2D eigenvalue weighted by Gasteiger charge is 2.22. The van der Waals surface area contributed by atoms with E-state index in [1.165, 1.54) is 25.8 Å². The molecule has 1 saturated heterocycles. The normalized spacial score (nSPS) is 24.2. The third kappa shape index (κ3) is 2.83. The van der Waals surface area contributed by atoms with Crippen molar-refractivity contribution in [1.82, 2.24) is 4.90 Å². The molecule has 88 valence electrons. The molecule has 0 amide bonds. The van der Waals surface area contributed by atoms with E-state index in [0.717, 1.165) is 12.0 Å². The number of rotatable bonds is 3. The molecule has 0 bridgehead atoms. The fourth-order valence-corrected chi connectivity index (χ4v) is 2.51. The summed E-state index contributed by atoms with van der Waals surface area (Å²) in [5, 5.41) is 10.2. The average Bonchev–Trinajstić information content (AvgIpc) is 2.33. The first kappa shape index (κ1) is 11.6. The summed E-state index contributed by atoms with van der Waals surface area (Å²) < 4.78 is 0. The van der Waals surface area contributed by atoms with Crippen LogP contribution in [0.15, 0.2) is 30.3 Å². The maximum Gasteiger partial charge on any atom is 0.0805 e. The predicted octanol–water partition coefficient (Wildman–Crippen LogP) is 2.59. The van der Waals surface area contributed by atoms with E-state index in [9.17, 15) is 5.11 Å². The summed E-state index contributed by atoms with van der Waals surface area (Å²) in [7, 11) is 2.17. The van der Waals surface area contributed by atoms with Crippen molar-refractivity contribution in [3.8, 4) is 0 Å². The monoisotopic (exact) mass is 219 g/mol. The van der Waals surface area contributed by atoms with Crippen molar-refractivity contribution < 1.29 is 5.11 Å². The molecule has 2 rings (SSSR count). The van der Waals surface area contributed by atoms with Crippen molar-refractivity contribution in [3.63, 3.8) is 0 Å². The van der Waals surface area contributed by atoms with E-state index in [4.69, 9.17) is 0 Å². The number of benzene rings is 1. The van der Waals surface area contributed by atoms with Crippen LogP contribution in [0.5, 0.6) is 0 Å². The van der Waals surface area contributed by atoms with Gasteiger partial charge in [0.2, 0.25) is 0 Å². The first-order valence-electron chi connectivity index (χ1n) is 6.20. The lowest BCUT2D eigenvalue weighted by Crippen LogP contribution is -2.37. The smallest absolute Gasteiger partial charge is 0.0805 e. The zero-order valence-electron chi connectivity index (χ0n) is 9.97. The zero-order valence-corrected chi connectivity index (χ0v) is 9.97. The van der Waals surface area contributed by atoms with E-state index in [2.05, 4.69) is 11.9 Å². The van der Waals surface area contributed by atoms with Crippen LogP contribution in [-0.2, 0) is 0 Å². The number of piperidine rings is 1. The van der Waals surface area contributed by atoms with Crippen LogP contribution in [0, 0.1) is 0 Å². The van der Waals surface area contributed by atoms with Gasteiger partial charge in [-0.2, -0.15) is 0 Å². The summed E-state index contributed by atoms with van der Waals surface area (Å²) in [4.78, 5) is 2.38. The van der Waals surface area contributed by atoms with Gasteiger partial charge in [-0.05, 0) is 38.4 Å². The quantitative estimate of drug-likeness (QED) is 0.844. The lowest BCUT2D eigenvalue weighted by Gasteiger charge is -2.33. The summed E-state index contributed by atoms with van der Waals surface area (Å²) in [5.74, 6) is 0. The van der Waals surface area contributed by atoms with Gasteiger partial charge in [0, 0.05) is 6.04 Å². The minimum Gasteiger partial charge on any atom is -0.388 e. The Morgan fingerprint density at radius 1 is 1.31 bits per heavy atom. The molecule has 1 aliphatic rings. The standard InChI is InChI=1S/C14H21NO/c1-15-10-6-5-9-13(15)11-14(16)12-7-3-2-4-8-12/h2-4,7-8,13-14,16H,5-6,9-11H2,1H3/t13?,14-/m0/s1. The molecule has 1 N–H and O–H groups in total. The highest BCUT2D eigenvalue weighted by molar-refractivity contribution is 5.17. The minimum absolute atomic E-state index is 0.313. The van der Waals surface area contributed by atoms with E-state index in [1.807, 2.05) is 30.3 Å². The van der Waals surface area contributed by atoms with E-state index >= 15 is 0 Å². The fraction of sp³-hybridized carbons (Fsp3) is 0.571.